The van der Waals surface area contributed by atoms with Crippen LogP contribution in [0.2, 0.25) is 0 Å². The van der Waals surface area contributed by atoms with Gasteiger partial charge in [0.05, 0.1) is 7.11 Å². The van der Waals surface area contributed by atoms with Crippen LogP contribution in [0.5, 0.6) is 5.75 Å². The van der Waals surface area contributed by atoms with Crippen molar-refractivity contribution in [2.24, 2.45) is 0 Å². The summed E-state index contributed by atoms with van der Waals surface area (Å²) >= 11 is 0. The zero-order valence-electron chi connectivity index (χ0n) is 8.30. The van der Waals surface area contributed by atoms with Crippen LogP contribution in [0.25, 0.3) is 6.08 Å². The molecule has 16 heavy (non-hydrogen) atoms. The fourth-order valence-corrected chi connectivity index (χ4v) is 3.13. The molecule has 0 saturated carbocycles. The van der Waals surface area contributed by atoms with E-state index in [4.69, 9.17) is 0 Å². The number of hydrogen-bond acceptors (Lipinski definition) is 5. The van der Waals surface area contributed by atoms with E-state index in [1.54, 1.807) is 0 Å². The molecule has 0 saturated heterocycles. The summed E-state index contributed by atoms with van der Waals surface area (Å²) in [5, 5.41) is 9.47. The average Bonchev–Trinajstić information content (AvgIpc) is 2.50. The van der Waals surface area contributed by atoms with E-state index < -0.39 is 20.7 Å². The van der Waals surface area contributed by atoms with Gasteiger partial charge in [-0.3, -0.25) is 0 Å². The lowest BCUT2D eigenvalue weighted by Crippen LogP contribution is -2.11. The summed E-state index contributed by atoms with van der Waals surface area (Å²) in [7, 11) is -2.85. The number of rotatable bonds is 1. The van der Waals surface area contributed by atoms with Gasteiger partial charge in [0.2, 0.25) is 9.84 Å². The topological polar surface area (TPSA) is 80.7 Å². The van der Waals surface area contributed by atoms with E-state index in [9.17, 15) is 18.3 Å². The van der Waals surface area contributed by atoms with Crippen molar-refractivity contribution < 1.29 is 23.1 Å². The van der Waals surface area contributed by atoms with Gasteiger partial charge in [-0.1, -0.05) is 12.1 Å². The number of benzene rings is 1. The van der Waals surface area contributed by atoms with Crippen LogP contribution in [0.3, 0.4) is 0 Å². The molecule has 1 aliphatic heterocycles. The van der Waals surface area contributed by atoms with E-state index in [2.05, 4.69) is 4.74 Å². The first-order valence-corrected chi connectivity index (χ1v) is 5.84. The molecule has 0 bridgehead atoms. The van der Waals surface area contributed by atoms with Gasteiger partial charge in [-0.25, -0.2) is 13.2 Å². The fourth-order valence-electron chi connectivity index (χ4n) is 1.55. The standard InChI is InChI=1S/C10H8O5S/c1-15-10(12)8-5-6-3-2-4-7(11)9(6)16(8,13)14/h2-5,11H,1H3. The number of esters is 1. The molecule has 0 fully saturated rings. The summed E-state index contributed by atoms with van der Waals surface area (Å²) in [5.74, 6) is -1.30. The number of fused-ring (bicyclic) bond motifs is 1. The summed E-state index contributed by atoms with van der Waals surface area (Å²) in [6.45, 7) is 0. The highest BCUT2D eigenvalue weighted by molar-refractivity contribution is 7.97. The molecule has 1 heterocycles. The molecule has 1 aliphatic rings. The molecule has 0 spiro atoms. The van der Waals surface area contributed by atoms with E-state index in [-0.39, 0.29) is 10.6 Å². The van der Waals surface area contributed by atoms with Crippen molar-refractivity contribution in [3.05, 3.63) is 28.7 Å². The Labute approximate surface area is 91.9 Å². The van der Waals surface area contributed by atoms with E-state index in [0.29, 0.717) is 5.56 Å². The molecule has 0 aliphatic carbocycles. The van der Waals surface area contributed by atoms with E-state index >= 15 is 0 Å². The Bertz CT molecular complexity index is 598. The second kappa shape index (κ2) is 3.34. The minimum absolute atomic E-state index is 0.240. The van der Waals surface area contributed by atoms with Gasteiger partial charge in [0.25, 0.3) is 0 Å². The lowest BCUT2D eigenvalue weighted by Gasteiger charge is -2.03. The maximum atomic E-state index is 11.9. The smallest absolute Gasteiger partial charge is 0.349 e. The van der Waals surface area contributed by atoms with Crippen LogP contribution in [0.4, 0.5) is 0 Å². The third-order valence-electron chi connectivity index (χ3n) is 2.26. The van der Waals surface area contributed by atoms with Crippen LogP contribution in [0.15, 0.2) is 28.0 Å². The largest absolute Gasteiger partial charge is 0.507 e. The zero-order valence-corrected chi connectivity index (χ0v) is 9.11. The predicted octanol–water partition coefficient (Wildman–Crippen LogP) is 0.693. The third kappa shape index (κ3) is 1.30. The Morgan fingerprint density at radius 2 is 2.06 bits per heavy atom. The number of carbonyl (C=O) groups excluding carboxylic acids is 1. The predicted molar refractivity (Wildman–Crippen MR) is 55.3 cm³/mol. The molecule has 0 aromatic heterocycles. The van der Waals surface area contributed by atoms with Gasteiger partial charge in [-0.05, 0) is 17.7 Å². The van der Waals surface area contributed by atoms with Gasteiger partial charge in [-0.15, -0.1) is 0 Å². The van der Waals surface area contributed by atoms with Gasteiger partial charge in [0.15, 0.2) is 4.91 Å². The molecule has 2 rings (SSSR count). The summed E-state index contributed by atoms with van der Waals surface area (Å²) in [6, 6.07) is 4.26. The highest BCUT2D eigenvalue weighted by atomic mass is 32.2. The molecular weight excluding hydrogens is 232 g/mol. The highest BCUT2D eigenvalue weighted by Crippen LogP contribution is 2.38. The number of hydrogen-bond donors (Lipinski definition) is 1. The van der Waals surface area contributed by atoms with Crippen molar-refractivity contribution in [3.8, 4) is 5.75 Å². The average molecular weight is 240 g/mol. The van der Waals surface area contributed by atoms with Crippen molar-refractivity contribution in [2.75, 3.05) is 7.11 Å². The van der Waals surface area contributed by atoms with Crippen LogP contribution < -0.4 is 0 Å². The highest BCUT2D eigenvalue weighted by Gasteiger charge is 2.37. The normalized spacial score (nSPS) is 16.4. The molecular formula is C10H8O5S. The minimum atomic E-state index is -3.95. The first-order valence-electron chi connectivity index (χ1n) is 4.35. The number of ether oxygens (including phenoxy) is 1. The molecule has 1 N–H and O–H groups in total. The molecule has 1 aromatic carbocycles. The molecule has 0 atom stereocenters. The van der Waals surface area contributed by atoms with Gasteiger partial charge in [-0.2, -0.15) is 0 Å². The number of phenols is 1. The van der Waals surface area contributed by atoms with Crippen molar-refractivity contribution in [2.45, 2.75) is 4.90 Å². The second-order valence-corrected chi connectivity index (χ2v) is 5.05. The fraction of sp³-hybridized carbons (Fsp3) is 0.100. The Balaban J connectivity index is 2.70. The second-order valence-electron chi connectivity index (χ2n) is 3.20. The van der Waals surface area contributed by atoms with Crippen molar-refractivity contribution in [1.29, 1.82) is 0 Å². The summed E-state index contributed by atoms with van der Waals surface area (Å²) in [6.07, 6.45) is 1.19. The van der Waals surface area contributed by atoms with Gasteiger partial charge < -0.3 is 9.84 Å². The number of carbonyl (C=O) groups is 1. The van der Waals surface area contributed by atoms with E-state index in [1.807, 2.05) is 0 Å². The van der Waals surface area contributed by atoms with E-state index in [1.165, 1.54) is 24.3 Å². The lowest BCUT2D eigenvalue weighted by molar-refractivity contribution is -0.135. The third-order valence-corrected chi connectivity index (χ3v) is 4.10. The van der Waals surface area contributed by atoms with Crippen LogP contribution in [-0.4, -0.2) is 26.6 Å². The zero-order chi connectivity index (χ0) is 11.9. The number of methoxy groups -OCH3 is 1. The summed E-state index contributed by atoms with van der Waals surface area (Å²) in [4.78, 5) is 10.6. The van der Waals surface area contributed by atoms with Crippen LogP contribution in [0.1, 0.15) is 5.56 Å². The van der Waals surface area contributed by atoms with Gasteiger partial charge in [0.1, 0.15) is 10.6 Å². The Hall–Kier alpha value is -1.82. The molecule has 0 unspecified atom stereocenters. The van der Waals surface area contributed by atoms with Crippen LogP contribution in [0, 0.1) is 0 Å². The molecule has 5 nitrogen and oxygen atoms in total. The van der Waals surface area contributed by atoms with Crippen molar-refractivity contribution in [3.63, 3.8) is 0 Å². The van der Waals surface area contributed by atoms with Gasteiger partial charge >= 0.3 is 5.97 Å². The molecule has 6 heteroatoms. The molecule has 1 aromatic rings. The number of sulfone groups is 1. The molecule has 0 amide bonds. The quantitative estimate of drug-likeness (QED) is 0.730. The maximum Gasteiger partial charge on any atom is 0.349 e. The van der Waals surface area contributed by atoms with Gasteiger partial charge in [0, 0.05) is 0 Å². The molecule has 84 valence electrons. The lowest BCUT2D eigenvalue weighted by atomic mass is 10.2. The first kappa shape index (κ1) is 10.7. The Morgan fingerprint density at radius 1 is 1.38 bits per heavy atom. The maximum absolute atomic E-state index is 11.9. The number of phenolic OH excluding ortho intramolecular Hbond substituents is 1. The van der Waals surface area contributed by atoms with Crippen molar-refractivity contribution in [1.82, 2.24) is 0 Å². The van der Waals surface area contributed by atoms with Crippen LogP contribution in [-0.2, 0) is 19.4 Å². The Kier molecular flexibility index (Phi) is 2.23. The molecule has 0 radical (unpaired) electrons. The van der Waals surface area contributed by atoms with E-state index in [0.717, 1.165) is 7.11 Å². The number of aromatic hydroxyl groups is 1. The van der Waals surface area contributed by atoms with Crippen LogP contribution >= 0.6 is 0 Å². The Morgan fingerprint density at radius 3 is 2.62 bits per heavy atom. The minimum Gasteiger partial charge on any atom is -0.507 e. The van der Waals surface area contributed by atoms with Crippen molar-refractivity contribution >= 4 is 21.9 Å². The summed E-state index contributed by atoms with van der Waals surface area (Å²) < 4.78 is 28.1. The summed E-state index contributed by atoms with van der Waals surface area (Å²) in [5.41, 5.74) is 0.292. The first-order chi connectivity index (χ1) is 7.48. The SMILES string of the molecule is COC(=O)C1=Cc2cccc(O)c2S1(=O)=O. The monoisotopic (exact) mass is 240 g/mol.